The lowest BCUT2D eigenvalue weighted by molar-refractivity contribution is -0.120. The number of aliphatic imine (C=N–C) groups is 1. The van der Waals surface area contributed by atoms with Crippen molar-refractivity contribution in [2.24, 2.45) is 12.0 Å². The summed E-state index contributed by atoms with van der Waals surface area (Å²) < 4.78 is 6.90. The first-order valence-electron chi connectivity index (χ1n) is 9.16. The first-order valence-corrected chi connectivity index (χ1v) is 9.16. The molecule has 0 bridgehead atoms. The fourth-order valence-electron chi connectivity index (χ4n) is 3.33. The van der Waals surface area contributed by atoms with Crippen LogP contribution in [0.4, 0.5) is 5.69 Å². The van der Waals surface area contributed by atoms with Crippen LogP contribution in [0.1, 0.15) is 23.4 Å². The highest BCUT2D eigenvalue weighted by Crippen LogP contribution is 2.16. The summed E-state index contributed by atoms with van der Waals surface area (Å²) in [5.74, 6) is 1.69. The Morgan fingerprint density at radius 2 is 2.14 bits per heavy atom. The molecule has 3 heterocycles. The lowest BCUT2D eigenvalue weighted by Gasteiger charge is -2.35. The maximum Gasteiger partial charge on any atom is 0.246 e. The SMILES string of the molecule is CN=C(NCCCc1c(C)noc1C)N1CCN(c2cnn(C)c2)C(=O)C1.I. The molecule has 28 heavy (non-hydrogen) atoms. The molecule has 154 valence electrons. The average Bonchev–Trinajstić information content (AvgIpc) is 3.21. The second-order valence-electron chi connectivity index (χ2n) is 6.72. The Labute approximate surface area is 182 Å². The Hall–Kier alpha value is -2.11. The van der Waals surface area contributed by atoms with Gasteiger partial charge in [-0.2, -0.15) is 5.10 Å². The van der Waals surface area contributed by atoms with Crippen molar-refractivity contribution >= 4 is 41.5 Å². The van der Waals surface area contributed by atoms with Gasteiger partial charge in [0.1, 0.15) is 12.3 Å². The van der Waals surface area contributed by atoms with E-state index in [0.29, 0.717) is 13.1 Å². The van der Waals surface area contributed by atoms with E-state index < -0.39 is 0 Å². The Bertz CT molecular complexity index is 810. The van der Waals surface area contributed by atoms with Crippen molar-refractivity contribution in [3.05, 3.63) is 29.4 Å². The third-order valence-corrected chi connectivity index (χ3v) is 4.80. The number of rotatable bonds is 5. The number of piperazine rings is 1. The molecule has 1 aliphatic rings. The lowest BCUT2D eigenvalue weighted by Crippen LogP contribution is -2.55. The van der Waals surface area contributed by atoms with E-state index in [4.69, 9.17) is 4.52 Å². The fraction of sp³-hybridized carbons (Fsp3) is 0.556. The third kappa shape index (κ3) is 5.03. The normalized spacial score (nSPS) is 15.0. The minimum atomic E-state index is 0. The second kappa shape index (κ2) is 9.89. The molecule has 3 rings (SSSR count). The van der Waals surface area contributed by atoms with E-state index in [-0.39, 0.29) is 29.9 Å². The van der Waals surface area contributed by atoms with Crippen LogP contribution in [0.15, 0.2) is 21.9 Å². The van der Waals surface area contributed by atoms with Gasteiger partial charge in [0.15, 0.2) is 5.96 Å². The van der Waals surface area contributed by atoms with E-state index in [1.165, 1.54) is 5.56 Å². The summed E-state index contributed by atoms with van der Waals surface area (Å²) in [5, 5.41) is 11.5. The zero-order valence-corrected chi connectivity index (χ0v) is 19.1. The summed E-state index contributed by atoms with van der Waals surface area (Å²) in [5.41, 5.74) is 2.96. The molecule has 0 radical (unpaired) electrons. The minimum absolute atomic E-state index is 0. The van der Waals surface area contributed by atoms with E-state index in [9.17, 15) is 4.79 Å². The Balaban J connectivity index is 0.00000280. The van der Waals surface area contributed by atoms with Crippen molar-refractivity contribution in [3.63, 3.8) is 0 Å². The standard InChI is InChI=1S/C18H27N7O2.HI/c1-13-16(14(2)27-22-13)6-5-7-20-18(19-3)24-8-9-25(17(26)12-24)15-10-21-23(4)11-15;/h10-11H,5-9,12H2,1-4H3,(H,19,20);1H. The van der Waals surface area contributed by atoms with Crippen molar-refractivity contribution < 1.29 is 9.32 Å². The van der Waals surface area contributed by atoms with Crippen molar-refractivity contribution in [2.75, 3.05) is 38.1 Å². The molecule has 10 heteroatoms. The molecule has 2 aromatic heterocycles. The number of anilines is 1. The molecule has 1 amide bonds. The van der Waals surface area contributed by atoms with Crippen LogP contribution in [0.3, 0.4) is 0 Å². The number of guanidine groups is 1. The molecule has 0 spiro atoms. The van der Waals surface area contributed by atoms with Gasteiger partial charge in [0.05, 0.1) is 17.6 Å². The first kappa shape index (κ1) is 22.2. The largest absolute Gasteiger partial charge is 0.361 e. The van der Waals surface area contributed by atoms with Gasteiger partial charge < -0.3 is 19.6 Å². The number of nitrogens with zero attached hydrogens (tertiary/aromatic N) is 6. The number of carbonyl (C=O) groups is 1. The van der Waals surface area contributed by atoms with E-state index in [2.05, 4.69) is 20.6 Å². The Morgan fingerprint density at radius 3 is 2.71 bits per heavy atom. The number of amides is 1. The molecule has 1 aliphatic heterocycles. The Kier molecular flexibility index (Phi) is 7.84. The van der Waals surface area contributed by atoms with Crippen LogP contribution in [0.2, 0.25) is 0 Å². The maximum absolute atomic E-state index is 12.5. The smallest absolute Gasteiger partial charge is 0.246 e. The summed E-state index contributed by atoms with van der Waals surface area (Å²) in [7, 11) is 3.59. The molecule has 0 aliphatic carbocycles. The highest BCUT2D eigenvalue weighted by Gasteiger charge is 2.27. The third-order valence-electron chi connectivity index (χ3n) is 4.80. The van der Waals surface area contributed by atoms with Crippen LogP contribution in [0.25, 0.3) is 0 Å². The van der Waals surface area contributed by atoms with Crippen LogP contribution in [-0.2, 0) is 18.3 Å². The summed E-state index contributed by atoms with van der Waals surface area (Å²) in [4.78, 5) is 20.6. The molecule has 9 nitrogen and oxygen atoms in total. The van der Waals surface area contributed by atoms with Gasteiger partial charge in [-0.05, 0) is 26.7 Å². The van der Waals surface area contributed by atoms with E-state index in [0.717, 1.165) is 49.0 Å². The molecular weight excluding hydrogens is 473 g/mol. The van der Waals surface area contributed by atoms with Crippen LogP contribution in [0, 0.1) is 13.8 Å². The van der Waals surface area contributed by atoms with Crippen LogP contribution >= 0.6 is 24.0 Å². The molecule has 0 unspecified atom stereocenters. The van der Waals surface area contributed by atoms with Crippen molar-refractivity contribution in [2.45, 2.75) is 26.7 Å². The lowest BCUT2D eigenvalue weighted by atomic mass is 10.1. The quantitative estimate of drug-likeness (QED) is 0.289. The molecule has 0 saturated carbocycles. The predicted octanol–water partition coefficient (Wildman–Crippen LogP) is 1.50. The van der Waals surface area contributed by atoms with Crippen LogP contribution < -0.4 is 10.2 Å². The topological polar surface area (TPSA) is 91.8 Å². The van der Waals surface area contributed by atoms with Gasteiger partial charge in [-0.25, -0.2) is 0 Å². The number of carbonyl (C=O) groups excluding carboxylic acids is 1. The summed E-state index contributed by atoms with van der Waals surface area (Å²) >= 11 is 0. The summed E-state index contributed by atoms with van der Waals surface area (Å²) in [6, 6.07) is 0. The van der Waals surface area contributed by atoms with Crippen molar-refractivity contribution in [1.29, 1.82) is 0 Å². The fourth-order valence-corrected chi connectivity index (χ4v) is 3.33. The number of hydrogen-bond donors (Lipinski definition) is 1. The van der Waals surface area contributed by atoms with E-state index in [1.54, 1.807) is 22.8 Å². The van der Waals surface area contributed by atoms with Gasteiger partial charge in [-0.15, -0.1) is 24.0 Å². The minimum Gasteiger partial charge on any atom is -0.361 e. The van der Waals surface area contributed by atoms with Crippen molar-refractivity contribution in [1.82, 2.24) is 25.2 Å². The molecule has 1 fully saturated rings. The molecule has 1 N–H and O–H groups in total. The zero-order chi connectivity index (χ0) is 19.4. The number of aryl methyl sites for hydroxylation is 3. The molecular formula is C18H28IN7O2. The van der Waals surface area contributed by atoms with Gasteiger partial charge in [-0.3, -0.25) is 14.5 Å². The van der Waals surface area contributed by atoms with Crippen LogP contribution in [0.5, 0.6) is 0 Å². The summed E-state index contributed by atoms with van der Waals surface area (Å²) in [6.45, 7) is 6.32. The second-order valence-corrected chi connectivity index (χ2v) is 6.72. The molecule has 0 aromatic carbocycles. The predicted molar refractivity (Wildman–Crippen MR) is 118 cm³/mol. The van der Waals surface area contributed by atoms with Gasteiger partial charge in [0, 0.05) is 45.5 Å². The average molecular weight is 501 g/mol. The van der Waals surface area contributed by atoms with Crippen LogP contribution in [-0.4, -0.2) is 64.9 Å². The first-order chi connectivity index (χ1) is 13.0. The number of halogens is 1. The van der Waals surface area contributed by atoms with E-state index in [1.807, 2.05) is 32.0 Å². The van der Waals surface area contributed by atoms with Gasteiger partial charge in [0.25, 0.3) is 0 Å². The van der Waals surface area contributed by atoms with E-state index >= 15 is 0 Å². The number of nitrogens with one attached hydrogen (secondary N) is 1. The van der Waals surface area contributed by atoms with Gasteiger partial charge >= 0.3 is 0 Å². The Morgan fingerprint density at radius 1 is 1.36 bits per heavy atom. The highest BCUT2D eigenvalue weighted by molar-refractivity contribution is 14.0. The highest BCUT2D eigenvalue weighted by atomic mass is 127. The zero-order valence-electron chi connectivity index (χ0n) is 16.8. The molecule has 0 atom stereocenters. The summed E-state index contributed by atoms with van der Waals surface area (Å²) in [6.07, 6.45) is 5.41. The van der Waals surface area contributed by atoms with Crippen molar-refractivity contribution in [3.8, 4) is 0 Å². The maximum atomic E-state index is 12.5. The number of aromatic nitrogens is 3. The van der Waals surface area contributed by atoms with Gasteiger partial charge in [-0.1, -0.05) is 5.16 Å². The molecule has 1 saturated heterocycles. The monoisotopic (exact) mass is 501 g/mol. The molecule has 2 aromatic rings. The van der Waals surface area contributed by atoms with Gasteiger partial charge in [0.2, 0.25) is 5.91 Å². The number of hydrogen-bond acceptors (Lipinski definition) is 5.